The van der Waals surface area contributed by atoms with Gasteiger partial charge >= 0.3 is 0 Å². The van der Waals surface area contributed by atoms with Crippen molar-refractivity contribution in [2.45, 2.75) is 18.4 Å². The molecule has 0 bridgehead atoms. The highest BCUT2D eigenvalue weighted by atomic mass is 32.2. The number of benzene rings is 3. The molecular formula is C23H22N6O4S. The van der Waals surface area contributed by atoms with Gasteiger partial charge in [-0.2, -0.15) is 5.10 Å². The monoisotopic (exact) mass is 478 g/mol. The normalized spacial score (nSPS) is 11.2. The molecule has 0 unspecified atom stereocenters. The van der Waals surface area contributed by atoms with Crippen molar-refractivity contribution in [2.24, 2.45) is 0 Å². The van der Waals surface area contributed by atoms with Crippen LogP contribution in [0.3, 0.4) is 0 Å². The van der Waals surface area contributed by atoms with Gasteiger partial charge in [0.2, 0.25) is 0 Å². The molecule has 4 rings (SSSR count). The topological polar surface area (TPSA) is 123 Å². The van der Waals surface area contributed by atoms with Crippen molar-refractivity contribution in [2.75, 3.05) is 16.2 Å². The van der Waals surface area contributed by atoms with Gasteiger partial charge in [-0.3, -0.25) is 14.4 Å². The molecule has 0 saturated carbocycles. The summed E-state index contributed by atoms with van der Waals surface area (Å²) < 4.78 is 29.4. The Balaban J connectivity index is 1.64. The van der Waals surface area contributed by atoms with Crippen LogP contribution >= 0.6 is 0 Å². The third kappa shape index (κ3) is 4.89. The van der Waals surface area contributed by atoms with Crippen LogP contribution in [-0.2, 0) is 16.6 Å². The van der Waals surface area contributed by atoms with E-state index in [2.05, 4.69) is 15.4 Å². The Hall–Kier alpha value is -4.25. The summed E-state index contributed by atoms with van der Waals surface area (Å²) in [6, 6.07) is 19.8. The fourth-order valence-corrected chi connectivity index (χ4v) is 5.04. The number of anilines is 3. The SMILES string of the molecule is CCN(c1ccccc1)S(=O)(=O)c1ccc(Nc2cccc(Cn3cncn3)c2)c([N+](=O)[O-])c1. The Morgan fingerprint density at radius 1 is 1.06 bits per heavy atom. The molecule has 0 radical (unpaired) electrons. The molecule has 11 heteroatoms. The van der Waals surface area contributed by atoms with Crippen LogP contribution in [0.15, 0.2) is 90.3 Å². The van der Waals surface area contributed by atoms with Gasteiger partial charge in [-0.1, -0.05) is 30.3 Å². The highest BCUT2D eigenvalue weighted by molar-refractivity contribution is 7.92. The number of hydrogen-bond donors (Lipinski definition) is 1. The van der Waals surface area contributed by atoms with Crippen LogP contribution in [0.4, 0.5) is 22.7 Å². The van der Waals surface area contributed by atoms with E-state index >= 15 is 0 Å². The van der Waals surface area contributed by atoms with Gasteiger partial charge in [-0.15, -0.1) is 0 Å². The number of hydrogen-bond acceptors (Lipinski definition) is 7. The van der Waals surface area contributed by atoms with E-state index in [-0.39, 0.29) is 22.8 Å². The number of sulfonamides is 1. The van der Waals surface area contributed by atoms with Crippen LogP contribution < -0.4 is 9.62 Å². The molecule has 1 N–H and O–H groups in total. The van der Waals surface area contributed by atoms with Crippen LogP contribution in [0.1, 0.15) is 12.5 Å². The molecule has 34 heavy (non-hydrogen) atoms. The first kappa shape index (κ1) is 22.9. The maximum atomic E-state index is 13.3. The lowest BCUT2D eigenvalue weighted by Crippen LogP contribution is -2.30. The summed E-state index contributed by atoms with van der Waals surface area (Å²) in [5.41, 5.74) is 1.87. The van der Waals surface area contributed by atoms with Gasteiger partial charge in [0.25, 0.3) is 15.7 Å². The molecular weight excluding hydrogens is 456 g/mol. The zero-order valence-electron chi connectivity index (χ0n) is 18.3. The minimum atomic E-state index is -4.00. The van der Waals surface area contributed by atoms with E-state index in [0.29, 0.717) is 17.9 Å². The molecule has 1 aromatic heterocycles. The summed E-state index contributed by atoms with van der Waals surface area (Å²) in [7, 11) is -4.00. The Bertz CT molecular complexity index is 1390. The molecule has 3 aromatic carbocycles. The first-order valence-electron chi connectivity index (χ1n) is 10.4. The van der Waals surface area contributed by atoms with Crippen LogP contribution in [0, 0.1) is 10.1 Å². The quantitative estimate of drug-likeness (QED) is 0.282. The van der Waals surface area contributed by atoms with E-state index in [9.17, 15) is 18.5 Å². The van der Waals surface area contributed by atoms with Crippen LogP contribution in [0.2, 0.25) is 0 Å². The maximum absolute atomic E-state index is 13.3. The molecule has 0 atom stereocenters. The minimum Gasteiger partial charge on any atom is -0.350 e. The molecule has 0 spiro atoms. The molecule has 0 amide bonds. The number of nitrogens with one attached hydrogen (secondary N) is 1. The largest absolute Gasteiger partial charge is 0.350 e. The fourth-order valence-electron chi connectivity index (χ4n) is 3.55. The highest BCUT2D eigenvalue weighted by Gasteiger charge is 2.27. The lowest BCUT2D eigenvalue weighted by molar-refractivity contribution is -0.384. The van der Waals surface area contributed by atoms with Crippen molar-refractivity contribution in [3.8, 4) is 0 Å². The average molecular weight is 479 g/mol. The number of nitro groups is 1. The second kappa shape index (κ2) is 9.71. The lowest BCUT2D eigenvalue weighted by atomic mass is 10.2. The number of nitro benzene ring substituents is 1. The van der Waals surface area contributed by atoms with Crippen LogP contribution in [-0.4, -0.2) is 34.7 Å². The molecule has 174 valence electrons. The zero-order valence-corrected chi connectivity index (χ0v) is 19.1. The predicted octanol–water partition coefficient (Wildman–Crippen LogP) is 4.19. The van der Waals surface area contributed by atoms with E-state index < -0.39 is 14.9 Å². The first-order valence-corrected chi connectivity index (χ1v) is 11.9. The number of nitrogens with zero attached hydrogens (tertiary/aromatic N) is 5. The summed E-state index contributed by atoms with van der Waals surface area (Å²) in [4.78, 5) is 15.0. The molecule has 0 saturated heterocycles. The van der Waals surface area contributed by atoms with Crippen molar-refractivity contribution < 1.29 is 13.3 Å². The standard InChI is InChI=1S/C23H22N6O4S/c1-2-28(20-9-4-3-5-10-20)34(32,33)21-11-12-22(23(14-21)29(30)31)26-19-8-6-7-18(13-19)15-27-17-24-16-25-27/h3-14,16-17,26H,2,15H2,1H3. The summed E-state index contributed by atoms with van der Waals surface area (Å²) in [5.74, 6) is 0. The number of para-hydroxylation sites is 1. The third-order valence-electron chi connectivity index (χ3n) is 5.10. The summed E-state index contributed by atoms with van der Waals surface area (Å²) in [6.45, 7) is 2.38. The minimum absolute atomic E-state index is 0.157. The molecule has 1 heterocycles. The second-order valence-corrected chi connectivity index (χ2v) is 9.22. The van der Waals surface area contributed by atoms with Crippen LogP contribution in [0.5, 0.6) is 0 Å². The van der Waals surface area contributed by atoms with Gasteiger partial charge in [0.05, 0.1) is 22.1 Å². The molecule has 0 aliphatic carbocycles. The molecule has 4 aromatic rings. The first-order chi connectivity index (χ1) is 16.4. The van der Waals surface area contributed by atoms with E-state index in [0.717, 1.165) is 11.6 Å². The Morgan fingerprint density at radius 3 is 2.53 bits per heavy atom. The van der Waals surface area contributed by atoms with E-state index in [4.69, 9.17) is 0 Å². The molecule has 0 aliphatic rings. The van der Waals surface area contributed by atoms with Gasteiger partial charge < -0.3 is 5.32 Å². The summed E-state index contributed by atoms with van der Waals surface area (Å²) >= 11 is 0. The Kier molecular flexibility index (Phi) is 6.55. The molecule has 0 fully saturated rings. The lowest BCUT2D eigenvalue weighted by Gasteiger charge is -2.23. The van der Waals surface area contributed by atoms with Crippen LogP contribution in [0.25, 0.3) is 0 Å². The van der Waals surface area contributed by atoms with Gasteiger partial charge in [-0.25, -0.2) is 18.1 Å². The summed E-state index contributed by atoms with van der Waals surface area (Å²) in [6.07, 6.45) is 3.04. The fraction of sp³-hybridized carbons (Fsp3) is 0.130. The van der Waals surface area contributed by atoms with Crippen molar-refractivity contribution in [1.82, 2.24) is 14.8 Å². The van der Waals surface area contributed by atoms with Gasteiger partial charge in [0.15, 0.2) is 0 Å². The van der Waals surface area contributed by atoms with Crippen molar-refractivity contribution in [3.05, 3.63) is 101 Å². The highest BCUT2D eigenvalue weighted by Crippen LogP contribution is 2.32. The van der Waals surface area contributed by atoms with Gasteiger partial charge in [-0.05, 0) is 48.9 Å². The van der Waals surface area contributed by atoms with E-state index in [1.807, 2.05) is 18.2 Å². The van der Waals surface area contributed by atoms with Crippen molar-refractivity contribution in [1.29, 1.82) is 0 Å². The van der Waals surface area contributed by atoms with Gasteiger partial charge in [0, 0.05) is 18.3 Å². The smallest absolute Gasteiger partial charge is 0.294 e. The third-order valence-corrected chi connectivity index (χ3v) is 7.00. The second-order valence-electron chi connectivity index (χ2n) is 7.36. The molecule has 10 nitrogen and oxygen atoms in total. The molecule has 0 aliphatic heterocycles. The average Bonchev–Trinajstić information content (AvgIpc) is 3.33. The van der Waals surface area contributed by atoms with Crippen molar-refractivity contribution >= 4 is 32.8 Å². The summed E-state index contributed by atoms with van der Waals surface area (Å²) in [5, 5.41) is 18.9. The number of aromatic nitrogens is 3. The Labute approximate surface area is 196 Å². The van der Waals surface area contributed by atoms with Crippen molar-refractivity contribution in [3.63, 3.8) is 0 Å². The van der Waals surface area contributed by atoms with Gasteiger partial charge in [0.1, 0.15) is 18.3 Å². The van der Waals surface area contributed by atoms with E-state index in [1.165, 1.54) is 22.8 Å². The maximum Gasteiger partial charge on any atom is 0.294 e. The predicted molar refractivity (Wildman–Crippen MR) is 129 cm³/mol. The van der Waals surface area contributed by atoms with E-state index in [1.54, 1.807) is 54.3 Å². The zero-order chi connectivity index (χ0) is 24.1. The number of rotatable bonds is 9. The Morgan fingerprint density at radius 2 is 1.85 bits per heavy atom.